The Hall–Kier alpha value is -3.35. The van der Waals surface area contributed by atoms with Crippen molar-refractivity contribution in [2.24, 2.45) is 5.92 Å². The minimum absolute atomic E-state index is 0.106. The molecule has 2 bridgehead atoms. The van der Waals surface area contributed by atoms with Gasteiger partial charge in [-0.15, -0.1) is 0 Å². The topological polar surface area (TPSA) is 55.1 Å². The third-order valence-corrected chi connectivity index (χ3v) is 10.3. The maximum absolute atomic E-state index is 14.9. The zero-order chi connectivity index (χ0) is 25.9. The van der Waals surface area contributed by atoms with Crippen LogP contribution in [0.25, 0.3) is 11.0 Å². The molecule has 5 aliphatic rings. The van der Waals surface area contributed by atoms with Crippen LogP contribution in [0.3, 0.4) is 0 Å². The summed E-state index contributed by atoms with van der Waals surface area (Å²) < 4.78 is 35.5. The van der Waals surface area contributed by atoms with Crippen LogP contribution in [0.4, 0.5) is 4.39 Å². The first-order chi connectivity index (χ1) is 19.1. The van der Waals surface area contributed by atoms with Crippen molar-refractivity contribution in [1.82, 2.24) is 4.90 Å². The van der Waals surface area contributed by atoms with Crippen LogP contribution >= 0.6 is 0 Å². The van der Waals surface area contributed by atoms with Gasteiger partial charge >= 0.3 is 0 Å². The second-order valence-corrected chi connectivity index (χ2v) is 12.2. The van der Waals surface area contributed by atoms with Crippen molar-refractivity contribution in [3.63, 3.8) is 0 Å². The SMILES string of the molecule is Oc1ccc2c3c1O[C@H]1c4oc5ccccc5c4C[C@@]4(OCc5ccccc5F)[C@@H](C2)N(CC2CC2)CC[C@]314. The highest BCUT2D eigenvalue weighted by atomic mass is 19.1. The van der Waals surface area contributed by atoms with Gasteiger partial charge in [0.25, 0.3) is 0 Å². The van der Waals surface area contributed by atoms with Crippen molar-refractivity contribution in [3.05, 3.63) is 94.5 Å². The fourth-order valence-electron chi connectivity index (χ4n) is 8.49. The summed E-state index contributed by atoms with van der Waals surface area (Å²) in [4.78, 5) is 2.66. The van der Waals surface area contributed by atoms with E-state index in [4.69, 9.17) is 13.9 Å². The normalized spacial score (nSPS) is 30.2. The lowest BCUT2D eigenvalue weighted by atomic mass is 9.49. The van der Waals surface area contributed by atoms with E-state index >= 15 is 0 Å². The van der Waals surface area contributed by atoms with E-state index in [1.165, 1.54) is 24.5 Å². The van der Waals surface area contributed by atoms with Gasteiger partial charge in [-0.05, 0) is 61.9 Å². The average Bonchev–Trinajstić information content (AvgIpc) is 3.59. The quantitative estimate of drug-likeness (QED) is 0.338. The largest absolute Gasteiger partial charge is 0.504 e. The highest BCUT2D eigenvalue weighted by Gasteiger charge is 2.74. The van der Waals surface area contributed by atoms with Gasteiger partial charge in [-0.1, -0.05) is 42.5 Å². The number of likely N-dealkylation sites (tertiary alicyclic amines) is 1. The summed E-state index contributed by atoms with van der Waals surface area (Å²) in [5.74, 6) is 2.07. The number of phenols is 1. The van der Waals surface area contributed by atoms with E-state index < -0.39 is 17.1 Å². The number of hydrogen-bond acceptors (Lipinski definition) is 5. The number of piperidine rings is 1. The van der Waals surface area contributed by atoms with Crippen molar-refractivity contribution >= 4 is 11.0 Å². The van der Waals surface area contributed by atoms with Crippen LogP contribution in [-0.2, 0) is 29.6 Å². The molecule has 0 amide bonds. The third kappa shape index (κ3) is 2.81. The minimum Gasteiger partial charge on any atom is -0.504 e. The monoisotopic (exact) mass is 523 g/mol. The molecule has 3 aromatic carbocycles. The Morgan fingerprint density at radius 3 is 2.77 bits per heavy atom. The van der Waals surface area contributed by atoms with E-state index in [-0.39, 0.29) is 24.2 Å². The van der Waals surface area contributed by atoms with Gasteiger partial charge in [0, 0.05) is 41.1 Å². The van der Waals surface area contributed by atoms with Crippen LogP contribution in [0.5, 0.6) is 11.5 Å². The molecule has 1 saturated heterocycles. The molecule has 1 aromatic heterocycles. The van der Waals surface area contributed by atoms with Gasteiger partial charge in [-0.25, -0.2) is 4.39 Å². The molecule has 2 aliphatic heterocycles. The molecule has 0 radical (unpaired) electrons. The molecule has 39 heavy (non-hydrogen) atoms. The number of hydrogen-bond donors (Lipinski definition) is 1. The molecule has 3 heterocycles. The number of benzene rings is 3. The molecule has 5 nitrogen and oxygen atoms in total. The first-order valence-electron chi connectivity index (χ1n) is 14.2. The van der Waals surface area contributed by atoms with Gasteiger partial charge in [0.05, 0.1) is 12.0 Å². The van der Waals surface area contributed by atoms with Crippen molar-refractivity contribution in [2.75, 3.05) is 13.1 Å². The zero-order valence-corrected chi connectivity index (χ0v) is 21.7. The maximum Gasteiger partial charge on any atom is 0.169 e. The smallest absolute Gasteiger partial charge is 0.169 e. The van der Waals surface area contributed by atoms with Crippen LogP contribution in [0, 0.1) is 11.7 Å². The highest BCUT2D eigenvalue weighted by Crippen LogP contribution is 2.70. The molecule has 4 atom stereocenters. The lowest BCUT2D eigenvalue weighted by Gasteiger charge is -2.64. The predicted molar refractivity (Wildman–Crippen MR) is 143 cm³/mol. The van der Waals surface area contributed by atoms with Crippen LogP contribution in [0.2, 0.25) is 0 Å². The molecule has 3 aliphatic carbocycles. The fourth-order valence-corrected chi connectivity index (χ4v) is 8.49. The summed E-state index contributed by atoms with van der Waals surface area (Å²) in [6, 6.07) is 19.0. The van der Waals surface area contributed by atoms with Gasteiger partial charge < -0.3 is 19.0 Å². The van der Waals surface area contributed by atoms with E-state index in [0.29, 0.717) is 17.7 Å². The van der Waals surface area contributed by atoms with E-state index in [1.54, 1.807) is 12.1 Å². The summed E-state index contributed by atoms with van der Waals surface area (Å²) in [6.07, 6.45) is 4.46. The van der Waals surface area contributed by atoms with E-state index in [0.717, 1.165) is 59.7 Å². The Morgan fingerprint density at radius 2 is 1.90 bits per heavy atom. The number of halogens is 1. The lowest BCUT2D eigenvalue weighted by molar-refractivity contribution is -0.213. The van der Waals surface area contributed by atoms with Crippen molar-refractivity contribution in [2.45, 2.75) is 61.9 Å². The van der Waals surface area contributed by atoms with Crippen LogP contribution in [-0.4, -0.2) is 34.7 Å². The Labute approximate surface area is 226 Å². The molecule has 1 N–H and O–H groups in total. The van der Waals surface area contributed by atoms with E-state index in [2.05, 4.69) is 17.0 Å². The highest BCUT2D eigenvalue weighted by molar-refractivity contribution is 5.84. The van der Waals surface area contributed by atoms with Gasteiger partial charge in [-0.3, -0.25) is 4.90 Å². The van der Waals surface area contributed by atoms with Gasteiger partial charge in [0.1, 0.15) is 22.8 Å². The number of rotatable bonds is 5. The second-order valence-electron chi connectivity index (χ2n) is 12.2. The molecule has 9 rings (SSSR count). The molecule has 2 fully saturated rings. The number of phenolic OH excluding ortho intramolecular Hbond substituents is 1. The summed E-state index contributed by atoms with van der Waals surface area (Å²) in [7, 11) is 0. The molecule has 198 valence electrons. The van der Waals surface area contributed by atoms with Gasteiger partial charge in [0.2, 0.25) is 0 Å². The molecular weight excluding hydrogens is 493 g/mol. The summed E-state index contributed by atoms with van der Waals surface area (Å²) in [6.45, 7) is 2.19. The van der Waals surface area contributed by atoms with Crippen LogP contribution in [0.15, 0.2) is 65.1 Å². The number of nitrogens with zero attached hydrogens (tertiary/aromatic N) is 1. The molecule has 4 aromatic rings. The number of aromatic hydroxyl groups is 1. The third-order valence-electron chi connectivity index (χ3n) is 10.3. The summed E-state index contributed by atoms with van der Waals surface area (Å²) in [5, 5.41) is 12.1. The van der Waals surface area contributed by atoms with Gasteiger partial charge in [-0.2, -0.15) is 0 Å². The number of furan rings is 1. The first-order valence-corrected chi connectivity index (χ1v) is 14.2. The molecule has 6 heteroatoms. The lowest BCUT2D eigenvalue weighted by Crippen LogP contribution is -2.75. The molecular formula is C33H30FNO4. The maximum atomic E-state index is 14.9. The summed E-state index contributed by atoms with van der Waals surface area (Å²) in [5.41, 5.74) is 3.62. The van der Waals surface area contributed by atoms with E-state index in [1.807, 2.05) is 30.3 Å². The first kappa shape index (κ1) is 22.5. The fraction of sp³-hybridized carbons (Fsp3) is 0.394. The van der Waals surface area contributed by atoms with Crippen LogP contribution in [0.1, 0.15) is 53.4 Å². The zero-order valence-electron chi connectivity index (χ0n) is 21.7. The second kappa shape index (κ2) is 7.64. The van der Waals surface area contributed by atoms with E-state index in [9.17, 15) is 9.50 Å². The van der Waals surface area contributed by atoms with Crippen molar-refractivity contribution in [1.29, 1.82) is 0 Å². The van der Waals surface area contributed by atoms with Crippen molar-refractivity contribution in [3.8, 4) is 11.5 Å². The van der Waals surface area contributed by atoms with Gasteiger partial charge in [0.15, 0.2) is 17.6 Å². The van der Waals surface area contributed by atoms with Crippen LogP contribution < -0.4 is 4.74 Å². The molecule has 0 unspecified atom stereocenters. The summed E-state index contributed by atoms with van der Waals surface area (Å²) >= 11 is 0. The number of ether oxygens (including phenoxy) is 2. The minimum atomic E-state index is -0.668. The Morgan fingerprint density at radius 1 is 1.05 bits per heavy atom. The van der Waals surface area contributed by atoms with Crippen molar-refractivity contribution < 1.29 is 23.4 Å². The predicted octanol–water partition coefficient (Wildman–Crippen LogP) is 6.20. The standard InChI is InChI=1S/C33H30FNO4/c34-24-7-3-1-5-21(24)18-37-33-16-23-22-6-2-4-8-26(22)38-29(23)31-32(33)13-14-35(17-19-9-10-19)27(33)15-20-11-12-25(36)30(39-31)28(20)32/h1-8,11-12,19,27,31,36H,9-10,13-18H2/t27-,31+,32+,33-/m1/s1. The molecule has 1 spiro atoms. The average molecular weight is 524 g/mol. The Kier molecular flexibility index (Phi) is 4.40. The Bertz CT molecular complexity index is 1660. The Balaban J connectivity index is 1.31. The number of para-hydroxylation sites is 1. The molecule has 1 saturated carbocycles. The number of fused-ring (bicyclic) bond motifs is 4.